The number of hydrogen-bond donors (Lipinski definition) is 1. The largest absolute Gasteiger partial charge is 0.306 e. The summed E-state index contributed by atoms with van der Waals surface area (Å²) in [5, 5.41) is 3.22. The Labute approximate surface area is 130 Å². The normalized spacial score (nSPS) is 12.4. The maximum atomic E-state index is 13.2. The number of hydrogen-bond acceptors (Lipinski definition) is 1. The number of benzene rings is 2. The summed E-state index contributed by atoms with van der Waals surface area (Å²) >= 11 is 3.38. The van der Waals surface area contributed by atoms with E-state index >= 15 is 0 Å². The van der Waals surface area contributed by atoms with Crippen LogP contribution in [0.2, 0.25) is 0 Å². The first-order valence-electron chi connectivity index (χ1n) is 6.63. The van der Waals surface area contributed by atoms with Gasteiger partial charge in [0, 0.05) is 17.1 Å². The van der Waals surface area contributed by atoms with Crippen LogP contribution >= 0.6 is 15.9 Å². The molecule has 2 rings (SSSR count). The maximum Gasteiger partial charge on any atom is 0.194 e. The molecular weight excluding hydrogens is 343 g/mol. The minimum Gasteiger partial charge on any atom is -0.306 e. The van der Waals surface area contributed by atoms with Gasteiger partial charge in [-0.05, 0) is 41.8 Å². The van der Waals surface area contributed by atoms with Crippen LogP contribution in [-0.2, 0) is 6.54 Å². The lowest BCUT2D eigenvalue weighted by Gasteiger charge is -2.18. The second-order valence-corrected chi connectivity index (χ2v) is 5.68. The Bertz CT molecular complexity index is 590. The average Bonchev–Trinajstić information content (AvgIpc) is 2.47. The molecule has 2 aromatic rings. The topological polar surface area (TPSA) is 12.0 Å². The summed E-state index contributed by atoms with van der Waals surface area (Å²) in [7, 11) is 0. The highest BCUT2D eigenvalue weighted by atomic mass is 79.9. The van der Waals surface area contributed by atoms with Gasteiger partial charge in [0.15, 0.2) is 17.5 Å². The van der Waals surface area contributed by atoms with Crippen LogP contribution in [0.3, 0.4) is 0 Å². The van der Waals surface area contributed by atoms with E-state index in [4.69, 9.17) is 0 Å². The molecule has 0 saturated heterocycles. The number of halogens is 4. The summed E-state index contributed by atoms with van der Waals surface area (Å²) in [4.78, 5) is 0. The molecule has 1 atom stereocenters. The van der Waals surface area contributed by atoms with E-state index in [1.54, 1.807) is 0 Å². The molecule has 0 bridgehead atoms. The van der Waals surface area contributed by atoms with Gasteiger partial charge in [0.25, 0.3) is 0 Å². The molecule has 0 aliphatic heterocycles. The Balaban J connectivity index is 2.08. The average molecular weight is 358 g/mol. The molecule has 0 heterocycles. The van der Waals surface area contributed by atoms with Crippen LogP contribution in [0.25, 0.3) is 0 Å². The smallest absolute Gasteiger partial charge is 0.194 e. The zero-order valence-corrected chi connectivity index (χ0v) is 13.1. The molecular formula is C16H15BrF3N. The van der Waals surface area contributed by atoms with Crippen molar-refractivity contribution in [2.24, 2.45) is 0 Å². The Morgan fingerprint density at radius 2 is 1.62 bits per heavy atom. The maximum absolute atomic E-state index is 13.2. The third kappa shape index (κ3) is 4.08. The van der Waals surface area contributed by atoms with Crippen molar-refractivity contribution in [2.75, 3.05) is 0 Å². The molecule has 0 aliphatic carbocycles. The Hall–Kier alpha value is -1.33. The van der Waals surface area contributed by atoms with Crippen molar-refractivity contribution in [1.29, 1.82) is 0 Å². The zero-order chi connectivity index (χ0) is 15.4. The summed E-state index contributed by atoms with van der Waals surface area (Å²) < 4.78 is 40.2. The first-order chi connectivity index (χ1) is 10.0. The second kappa shape index (κ2) is 7.09. The third-order valence-corrected chi connectivity index (χ3v) is 3.81. The SMILES string of the molecule is CCC(NCc1cc(F)c(F)c(F)c1)c1ccc(Br)cc1. The Morgan fingerprint density at radius 1 is 1.05 bits per heavy atom. The molecule has 0 radical (unpaired) electrons. The minimum absolute atomic E-state index is 0.0641. The lowest BCUT2D eigenvalue weighted by Crippen LogP contribution is -2.20. The van der Waals surface area contributed by atoms with Crippen LogP contribution in [0.1, 0.15) is 30.5 Å². The standard InChI is InChI=1S/C16H15BrF3N/c1-2-15(11-3-5-12(17)6-4-11)21-9-10-7-13(18)16(20)14(19)8-10/h3-8,15,21H,2,9H2,1H3. The number of nitrogens with one attached hydrogen (secondary N) is 1. The van der Waals surface area contributed by atoms with Gasteiger partial charge in [0.05, 0.1) is 0 Å². The summed E-state index contributed by atoms with van der Waals surface area (Å²) in [6, 6.07) is 9.94. The Kier molecular flexibility index (Phi) is 5.42. The van der Waals surface area contributed by atoms with Crippen molar-refractivity contribution in [3.8, 4) is 0 Å². The molecule has 2 aromatic carbocycles. The van der Waals surface area contributed by atoms with Gasteiger partial charge in [-0.3, -0.25) is 0 Å². The fourth-order valence-corrected chi connectivity index (χ4v) is 2.41. The highest BCUT2D eigenvalue weighted by Crippen LogP contribution is 2.20. The van der Waals surface area contributed by atoms with Crippen molar-refractivity contribution in [2.45, 2.75) is 25.9 Å². The lowest BCUT2D eigenvalue weighted by atomic mass is 10.0. The first kappa shape index (κ1) is 16.0. The van der Waals surface area contributed by atoms with E-state index in [1.165, 1.54) is 0 Å². The van der Waals surface area contributed by atoms with Gasteiger partial charge < -0.3 is 5.32 Å². The first-order valence-corrected chi connectivity index (χ1v) is 7.42. The second-order valence-electron chi connectivity index (χ2n) is 4.77. The molecule has 0 saturated carbocycles. The van der Waals surface area contributed by atoms with Crippen LogP contribution in [0.5, 0.6) is 0 Å². The monoisotopic (exact) mass is 357 g/mol. The van der Waals surface area contributed by atoms with Gasteiger partial charge in [0.2, 0.25) is 0 Å². The molecule has 0 fully saturated rings. The van der Waals surface area contributed by atoms with Crippen LogP contribution < -0.4 is 5.32 Å². The summed E-state index contributed by atoms with van der Waals surface area (Å²) in [6.07, 6.45) is 0.827. The van der Waals surface area contributed by atoms with Crippen molar-refractivity contribution in [3.63, 3.8) is 0 Å². The summed E-state index contributed by atoms with van der Waals surface area (Å²) in [5.74, 6) is -3.76. The van der Waals surface area contributed by atoms with E-state index in [-0.39, 0.29) is 12.6 Å². The van der Waals surface area contributed by atoms with E-state index in [2.05, 4.69) is 21.2 Å². The van der Waals surface area contributed by atoms with Gasteiger partial charge in [-0.25, -0.2) is 13.2 Å². The van der Waals surface area contributed by atoms with Crippen LogP contribution in [0.15, 0.2) is 40.9 Å². The molecule has 0 aliphatic rings. The van der Waals surface area contributed by atoms with E-state index in [0.29, 0.717) is 5.56 Å². The molecule has 0 amide bonds. The van der Waals surface area contributed by atoms with Gasteiger partial charge in [-0.1, -0.05) is 35.0 Å². The van der Waals surface area contributed by atoms with Crippen molar-refractivity contribution in [3.05, 3.63) is 69.4 Å². The van der Waals surface area contributed by atoms with Crippen molar-refractivity contribution < 1.29 is 13.2 Å². The van der Waals surface area contributed by atoms with Crippen LogP contribution in [0, 0.1) is 17.5 Å². The molecule has 1 nitrogen and oxygen atoms in total. The predicted octanol–water partition coefficient (Wildman–Crippen LogP) is 5.11. The van der Waals surface area contributed by atoms with Crippen molar-refractivity contribution in [1.82, 2.24) is 5.32 Å². The van der Waals surface area contributed by atoms with E-state index < -0.39 is 17.5 Å². The third-order valence-electron chi connectivity index (χ3n) is 3.28. The summed E-state index contributed by atoms with van der Waals surface area (Å²) in [5.41, 5.74) is 1.46. The molecule has 0 spiro atoms. The predicted molar refractivity (Wildman–Crippen MR) is 80.3 cm³/mol. The minimum atomic E-state index is -1.43. The van der Waals surface area contributed by atoms with Crippen LogP contribution in [-0.4, -0.2) is 0 Å². The fourth-order valence-electron chi connectivity index (χ4n) is 2.14. The zero-order valence-electron chi connectivity index (χ0n) is 11.5. The number of rotatable bonds is 5. The quantitative estimate of drug-likeness (QED) is 0.733. The molecule has 1 unspecified atom stereocenters. The Morgan fingerprint density at radius 3 is 2.14 bits per heavy atom. The van der Waals surface area contributed by atoms with Gasteiger partial charge in [0.1, 0.15) is 0 Å². The van der Waals surface area contributed by atoms with E-state index in [1.807, 2.05) is 31.2 Å². The van der Waals surface area contributed by atoms with Gasteiger partial charge in [-0.2, -0.15) is 0 Å². The van der Waals surface area contributed by atoms with E-state index in [0.717, 1.165) is 28.6 Å². The molecule has 5 heteroatoms. The molecule has 0 aromatic heterocycles. The van der Waals surface area contributed by atoms with Crippen molar-refractivity contribution >= 4 is 15.9 Å². The van der Waals surface area contributed by atoms with Crippen LogP contribution in [0.4, 0.5) is 13.2 Å². The highest BCUT2D eigenvalue weighted by Gasteiger charge is 2.12. The molecule has 1 N–H and O–H groups in total. The molecule has 112 valence electrons. The molecule has 21 heavy (non-hydrogen) atoms. The lowest BCUT2D eigenvalue weighted by molar-refractivity contribution is 0.442. The summed E-state index contributed by atoms with van der Waals surface area (Å²) in [6.45, 7) is 2.29. The fraction of sp³-hybridized carbons (Fsp3) is 0.250. The van der Waals surface area contributed by atoms with Gasteiger partial charge >= 0.3 is 0 Å². The van der Waals surface area contributed by atoms with Gasteiger partial charge in [-0.15, -0.1) is 0 Å². The van der Waals surface area contributed by atoms with E-state index in [9.17, 15) is 13.2 Å². The highest BCUT2D eigenvalue weighted by molar-refractivity contribution is 9.10.